The summed E-state index contributed by atoms with van der Waals surface area (Å²) >= 11 is 1.61. The predicted octanol–water partition coefficient (Wildman–Crippen LogP) is 3.47. The van der Waals surface area contributed by atoms with Gasteiger partial charge in [-0.15, -0.1) is 11.3 Å². The van der Waals surface area contributed by atoms with Gasteiger partial charge in [0.05, 0.1) is 0 Å². The zero-order valence-electron chi connectivity index (χ0n) is 10.6. The maximum atomic E-state index is 6.04. The lowest BCUT2D eigenvalue weighted by atomic mass is 10.0. The molecule has 1 aliphatic rings. The van der Waals surface area contributed by atoms with Gasteiger partial charge in [0.15, 0.2) is 5.13 Å². The molecule has 94 valence electrons. The summed E-state index contributed by atoms with van der Waals surface area (Å²) in [7, 11) is 0. The molecule has 0 radical (unpaired) electrons. The smallest absolute Gasteiger partial charge is 0.182 e. The Kier molecular flexibility index (Phi) is 2.74. The number of hydrogen-bond acceptors (Lipinski definition) is 4. The number of rotatable bonds is 3. The van der Waals surface area contributed by atoms with Crippen LogP contribution in [0.1, 0.15) is 25.0 Å². The number of thiazole rings is 1. The molecule has 4 heteroatoms. The highest BCUT2D eigenvalue weighted by molar-refractivity contribution is 7.13. The molecule has 18 heavy (non-hydrogen) atoms. The number of ether oxygens (including phenoxy) is 1. The van der Waals surface area contributed by atoms with Crippen molar-refractivity contribution >= 4 is 16.5 Å². The molecule has 1 aliphatic heterocycles. The summed E-state index contributed by atoms with van der Waals surface area (Å²) in [6.07, 6.45) is 2.79. The van der Waals surface area contributed by atoms with E-state index in [1.165, 1.54) is 11.1 Å². The second-order valence-electron chi connectivity index (χ2n) is 5.13. The van der Waals surface area contributed by atoms with Crippen molar-refractivity contribution in [3.63, 3.8) is 0 Å². The molecule has 1 N–H and O–H groups in total. The Bertz CT molecular complexity index is 549. The van der Waals surface area contributed by atoms with Crippen LogP contribution in [-0.2, 0) is 13.0 Å². The Morgan fingerprint density at radius 3 is 3.11 bits per heavy atom. The van der Waals surface area contributed by atoms with E-state index in [1.54, 1.807) is 11.3 Å². The van der Waals surface area contributed by atoms with Gasteiger partial charge in [-0.1, -0.05) is 18.2 Å². The van der Waals surface area contributed by atoms with Gasteiger partial charge >= 0.3 is 0 Å². The number of para-hydroxylation sites is 1. The summed E-state index contributed by atoms with van der Waals surface area (Å²) in [4.78, 5) is 4.22. The minimum Gasteiger partial charge on any atom is -0.487 e. The summed E-state index contributed by atoms with van der Waals surface area (Å²) in [5.41, 5.74) is 2.42. The molecule has 0 spiro atoms. The van der Waals surface area contributed by atoms with E-state index in [-0.39, 0.29) is 5.60 Å². The highest BCUT2D eigenvalue weighted by Gasteiger charge is 2.31. The highest BCUT2D eigenvalue weighted by atomic mass is 32.1. The fourth-order valence-electron chi connectivity index (χ4n) is 2.30. The molecule has 3 rings (SSSR count). The van der Waals surface area contributed by atoms with E-state index < -0.39 is 0 Å². The van der Waals surface area contributed by atoms with Crippen LogP contribution in [0.2, 0.25) is 0 Å². The van der Waals surface area contributed by atoms with Gasteiger partial charge in [-0.05, 0) is 19.4 Å². The first-order valence-corrected chi connectivity index (χ1v) is 6.95. The lowest BCUT2D eigenvalue weighted by Gasteiger charge is -2.18. The Balaban J connectivity index is 1.80. The maximum absolute atomic E-state index is 6.04. The lowest BCUT2D eigenvalue weighted by Crippen LogP contribution is -2.25. The van der Waals surface area contributed by atoms with Gasteiger partial charge < -0.3 is 10.1 Å². The van der Waals surface area contributed by atoms with E-state index in [0.29, 0.717) is 0 Å². The van der Waals surface area contributed by atoms with Crippen LogP contribution in [0.5, 0.6) is 5.75 Å². The molecule has 0 atom stereocenters. The van der Waals surface area contributed by atoms with E-state index >= 15 is 0 Å². The summed E-state index contributed by atoms with van der Waals surface area (Å²) < 4.78 is 6.04. The molecular formula is C14H16N2OS. The first kappa shape index (κ1) is 11.5. The van der Waals surface area contributed by atoms with E-state index in [2.05, 4.69) is 42.3 Å². The van der Waals surface area contributed by atoms with Crippen molar-refractivity contribution in [2.45, 2.75) is 32.4 Å². The first-order chi connectivity index (χ1) is 8.64. The second-order valence-corrected chi connectivity index (χ2v) is 6.03. The van der Waals surface area contributed by atoms with Crippen molar-refractivity contribution in [1.82, 2.24) is 4.98 Å². The molecule has 0 bridgehead atoms. The fraction of sp³-hybridized carbons (Fsp3) is 0.357. The van der Waals surface area contributed by atoms with Crippen LogP contribution in [0.15, 0.2) is 29.8 Å². The van der Waals surface area contributed by atoms with Crippen molar-refractivity contribution < 1.29 is 4.74 Å². The van der Waals surface area contributed by atoms with Gasteiger partial charge in [0, 0.05) is 30.1 Å². The SMILES string of the molecule is CC1(C)Cc2cccc(CNc3nccs3)c2O1. The van der Waals surface area contributed by atoms with Crippen LogP contribution in [-0.4, -0.2) is 10.6 Å². The molecule has 2 aromatic rings. The van der Waals surface area contributed by atoms with E-state index in [9.17, 15) is 0 Å². The number of fused-ring (bicyclic) bond motifs is 1. The summed E-state index contributed by atoms with van der Waals surface area (Å²) in [6.45, 7) is 5.02. The predicted molar refractivity (Wildman–Crippen MR) is 74.3 cm³/mol. The van der Waals surface area contributed by atoms with Crippen molar-refractivity contribution in [2.75, 3.05) is 5.32 Å². The largest absolute Gasteiger partial charge is 0.487 e. The molecule has 0 aliphatic carbocycles. The molecule has 2 heterocycles. The summed E-state index contributed by atoms with van der Waals surface area (Å²) in [5.74, 6) is 1.05. The van der Waals surface area contributed by atoms with E-state index in [4.69, 9.17) is 4.74 Å². The number of aromatic nitrogens is 1. The quantitative estimate of drug-likeness (QED) is 0.917. The van der Waals surface area contributed by atoms with Crippen molar-refractivity contribution in [3.8, 4) is 5.75 Å². The molecule has 0 saturated carbocycles. The van der Waals surface area contributed by atoms with Gasteiger partial charge in [0.25, 0.3) is 0 Å². The van der Waals surface area contributed by atoms with Gasteiger partial charge in [-0.2, -0.15) is 0 Å². The van der Waals surface area contributed by atoms with Crippen molar-refractivity contribution in [2.24, 2.45) is 0 Å². The number of hydrogen-bond donors (Lipinski definition) is 1. The van der Waals surface area contributed by atoms with E-state index in [0.717, 1.165) is 23.8 Å². The highest BCUT2D eigenvalue weighted by Crippen LogP contribution is 2.37. The average Bonchev–Trinajstić information content (AvgIpc) is 2.91. The normalized spacial score (nSPS) is 16.1. The average molecular weight is 260 g/mol. The Morgan fingerprint density at radius 2 is 2.33 bits per heavy atom. The zero-order chi connectivity index (χ0) is 12.6. The summed E-state index contributed by atoms with van der Waals surface area (Å²) in [6, 6.07) is 6.36. The molecule has 0 fully saturated rings. The van der Waals surface area contributed by atoms with Crippen molar-refractivity contribution in [3.05, 3.63) is 40.9 Å². The first-order valence-electron chi connectivity index (χ1n) is 6.07. The van der Waals surface area contributed by atoms with Crippen LogP contribution in [0.25, 0.3) is 0 Å². The van der Waals surface area contributed by atoms with Gasteiger partial charge in [0.2, 0.25) is 0 Å². The Hall–Kier alpha value is -1.55. The molecule has 1 aromatic carbocycles. The van der Waals surface area contributed by atoms with Crippen LogP contribution in [0.3, 0.4) is 0 Å². The molecular weight excluding hydrogens is 244 g/mol. The van der Waals surface area contributed by atoms with Crippen LogP contribution < -0.4 is 10.1 Å². The standard InChI is InChI=1S/C14H16N2OS/c1-14(2)8-10-4-3-5-11(12(10)17-14)9-16-13-15-6-7-18-13/h3-7H,8-9H2,1-2H3,(H,15,16). The molecule has 0 unspecified atom stereocenters. The monoisotopic (exact) mass is 260 g/mol. The zero-order valence-corrected chi connectivity index (χ0v) is 11.4. The van der Waals surface area contributed by atoms with Gasteiger partial charge in [0.1, 0.15) is 11.4 Å². The van der Waals surface area contributed by atoms with Gasteiger partial charge in [-0.25, -0.2) is 4.98 Å². The van der Waals surface area contributed by atoms with Crippen LogP contribution in [0, 0.1) is 0 Å². The van der Waals surface area contributed by atoms with Crippen molar-refractivity contribution in [1.29, 1.82) is 0 Å². The minimum absolute atomic E-state index is 0.0837. The van der Waals surface area contributed by atoms with Crippen LogP contribution in [0.4, 0.5) is 5.13 Å². The number of benzene rings is 1. The molecule has 0 saturated heterocycles. The van der Waals surface area contributed by atoms with Gasteiger partial charge in [-0.3, -0.25) is 0 Å². The second kappa shape index (κ2) is 4.28. The summed E-state index contributed by atoms with van der Waals surface area (Å²) in [5, 5.41) is 6.24. The maximum Gasteiger partial charge on any atom is 0.182 e. The molecule has 1 aromatic heterocycles. The third kappa shape index (κ3) is 2.20. The number of nitrogens with one attached hydrogen (secondary N) is 1. The molecule has 0 amide bonds. The molecule has 3 nitrogen and oxygen atoms in total. The number of anilines is 1. The number of nitrogens with zero attached hydrogens (tertiary/aromatic N) is 1. The lowest BCUT2D eigenvalue weighted by molar-refractivity contribution is 0.137. The Morgan fingerprint density at radius 1 is 1.44 bits per heavy atom. The minimum atomic E-state index is -0.0837. The fourth-order valence-corrected chi connectivity index (χ4v) is 2.83. The Labute approximate surface area is 111 Å². The third-order valence-electron chi connectivity index (χ3n) is 3.04. The van der Waals surface area contributed by atoms with Crippen LogP contribution >= 0.6 is 11.3 Å². The topological polar surface area (TPSA) is 34.2 Å². The van der Waals surface area contributed by atoms with E-state index in [1.807, 2.05) is 11.6 Å². The third-order valence-corrected chi connectivity index (χ3v) is 3.77.